The van der Waals surface area contributed by atoms with Gasteiger partial charge in [0.1, 0.15) is 0 Å². The molecule has 0 aromatic carbocycles. The Labute approximate surface area is 147 Å². The average molecular weight is 341 g/mol. The number of hydrogen-bond donors (Lipinski definition) is 0. The zero-order valence-corrected chi connectivity index (χ0v) is 16.4. The van der Waals surface area contributed by atoms with E-state index in [0.29, 0.717) is 17.9 Å². The molecule has 0 amide bonds. The van der Waals surface area contributed by atoms with Crippen molar-refractivity contribution in [3.63, 3.8) is 0 Å². The molecule has 0 spiro atoms. The van der Waals surface area contributed by atoms with Crippen molar-refractivity contribution in [3.8, 4) is 0 Å². The molecule has 1 aliphatic rings. The largest absolute Gasteiger partial charge is 0.465 e. The quantitative estimate of drug-likeness (QED) is 0.628. The lowest BCUT2D eigenvalue weighted by Crippen LogP contribution is -2.36. The molecular formula is C20H36O4. The Kier molecular flexibility index (Phi) is 8.24. The van der Waals surface area contributed by atoms with Crippen LogP contribution in [-0.4, -0.2) is 24.6 Å². The normalized spacial score (nSPS) is 23.0. The van der Waals surface area contributed by atoms with Crippen molar-refractivity contribution < 1.29 is 19.1 Å². The van der Waals surface area contributed by atoms with Crippen LogP contribution in [0.3, 0.4) is 0 Å². The van der Waals surface area contributed by atoms with E-state index in [0.717, 1.165) is 38.5 Å². The monoisotopic (exact) mass is 340 g/mol. The van der Waals surface area contributed by atoms with Crippen molar-refractivity contribution in [1.82, 2.24) is 0 Å². The van der Waals surface area contributed by atoms with E-state index >= 15 is 0 Å². The average Bonchev–Trinajstić information content (AvgIpc) is 2.44. The second-order valence-corrected chi connectivity index (χ2v) is 8.81. The lowest BCUT2D eigenvalue weighted by molar-refractivity contribution is -0.165. The van der Waals surface area contributed by atoms with Crippen LogP contribution in [0.4, 0.5) is 0 Å². The highest BCUT2D eigenvalue weighted by atomic mass is 16.5. The number of rotatable bonds is 7. The number of hydrogen-bond acceptors (Lipinski definition) is 4. The molecule has 1 fully saturated rings. The lowest BCUT2D eigenvalue weighted by Gasteiger charge is -2.29. The van der Waals surface area contributed by atoms with E-state index in [1.54, 1.807) is 0 Å². The zero-order chi connectivity index (χ0) is 18.3. The van der Waals surface area contributed by atoms with Crippen LogP contribution in [0.25, 0.3) is 0 Å². The minimum atomic E-state index is -0.333. The maximum Gasteiger partial charge on any atom is 0.310 e. The Morgan fingerprint density at radius 1 is 1.00 bits per heavy atom. The van der Waals surface area contributed by atoms with Crippen LogP contribution in [0, 0.1) is 23.2 Å². The van der Waals surface area contributed by atoms with Crippen LogP contribution in [0.5, 0.6) is 0 Å². The molecule has 24 heavy (non-hydrogen) atoms. The van der Waals surface area contributed by atoms with E-state index in [4.69, 9.17) is 9.47 Å². The summed E-state index contributed by atoms with van der Waals surface area (Å²) in [4.78, 5) is 24.7. The number of carbonyl (C=O) groups excluding carboxylic acids is 2. The van der Waals surface area contributed by atoms with Gasteiger partial charge in [-0.2, -0.15) is 0 Å². The number of carbonyl (C=O) groups is 2. The SMILES string of the molecule is CC(CCOC(=O)C1CCCCC1C(=O)OC(C)C)CC(C)(C)C. The molecule has 0 saturated heterocycles. The fourth-order valence-electron chi connectivity index (χ4n) is 3.63. The van der Waals surface area contributed by atoms with Gasteiger partial charge in [-0.15, -0.1) is 0 Å². The highest BCUT2D eigenvalue weighted by molar-refractivity contribution is 5.82. The molecule has 3 unspecified atom stereocenters. The molecule has 1 aliphatic carbocycles. The summed E-state index contributed by atoms with van der Waals surface area (Å²) in [5, 5.41) is 0. The Morgan fingerprint density at radius 3 is 2.04 bits per heavy atom. The molecule has 140 valence electrons. The predicted molar refractivity (Wildman–Crippen MR) is 95.5 cm³/mol. The Bertz CT molecular complexity index is 408. The third-order valence-corrected chi connectivity index (χ3v) is 4.54. The first kappa shape index (κ1) is 21.0. The second kappa shape index (κ2) is 9.43. The molecular weight excluding hydrogens is 304 g/mol. The van der Waals surface area contributed by atoms with E-state index in [1.165, 1.54) is 0 Å². The van der Waals surface area contributed by atoms with Gasteiger partial charge in [0.2, 0.25) is 0 Å². The van der Waals surface area contributed by atoms with Crippen molar-refractivity contribution in [2.75, 3.05) is 6.61 Å². The Balaban J connectivity index is 2.47. The highest BCUT2D eigenvalue weighted by Crippen LogP contribution is 2.32. The van der Waals surface area contributed by atoms with Gasteiger partial charge < -0.3 is 9.47 Å². The summed E-state index contributed by atoms with van der Waals surface area (Å²) >= 11 is 0. The summed E-state index contributed by atoms with van der Waals surface area (Å²) in [5.41, 5.74) is 0.290. The summed E-state index contributed by atoms with van der Waals surface area (Å²) in [6.07, 6.45) is 5.25. The third-order valence-electron chi connectivity index (χ3n) is 4.54. The first-order valence-corrected chi connectivity index (χ1v) is 9.47. The maximum absolute atomic E-state index is 12.4. The number of ether oxygens (including phenoxy) is 2. The van der Waals surface area contributed by atoms with E-state index in [-0.39, 0.29) is 29.9 Å². The van der Waals surface area contributed by atoms with Crippen molar-refractivity contribution in [2.24, 2.45) is 23.2 Å². The van der Waals surface area contributed by atoms with E-state index in [2.05, 4.69) is 27.7 Å². The Hall–Kier alpha value is -1.06. The molecule has 3 atom stereocenters. The summed E-state index contributed by atoms with van der Waals surface area (Å²) < 4.78 is 10.8. The minimum Gasteiger partial charge on any atom is -0.465 e. The van der Waals surface area contributed by atoms with Crippen molar-refractivity contribution in [1.29, 1.82) is 0 Å². The first-order chi connectivity index (χ1) is 11.1. The van der Waals surface area contributed by atoms with Gasteiger partial charge >= 0.3 is 11.9 Å². The Morgan fingerprint density at radius 2 is 1.54 bits per heavy atom. The molecule has 0 heterocycles. The minimum absolute atomic E-state index is 0.144. The van der Waals surface area contributed by atoms with E-state index < -0.39 is 0 Å². The van der Waals surface area contributed by atoms with Gasteiger partial charge in [-0.05, 0) is 50.9 Å². The fraction of sp³-hybridized carbons (Fsp3) is 0.900. The molecule has 0 bridgehead atoms. The summed E-state index contributed by atoms with van der Waals surface area (Å²) in [6, 6.07) is 0. The van der Waals surface area contributed by atoms with Crippen LogP contribution in [0.15, 0.2) is 0 Å². The van der Waals surface area contributed by atoms with Gasteiger partial charge in [0.15, 0.2) is 0 Å². The molecule has 0 aromatic rings. The second-order valence-electron chi connectivity index (χ2n) is 8.81. The van der Waals surface area contributed by atoms with Gasteiger partial charge in [0, 0.05) is 0 Å². The van der Waals surface area contributed by atoms with Gasteiger partial charge in [-0.3, -0.25) is 9.59 Å². The molecule has 1 saturated carbocycles. The van der Waals surface area contributed by atoms with E-state index in [1.807, 2.05) is 13.8 Å². The first-order valence-electron chi connectivity index (χ1n) is 9.47. The van der Waals surface area contributed by atoms with Gasteiger partial charge in [0.05, 0.1) is 24.5 Å². The molecule has 0 N–H and O–H groups in total. The standard InChI is InChI=1S/C20H36O4/c1-14(2)24-19(22)17-10-8-7-9-16(17)18(21)23-12-11-15(3)13-20(4,5)6/h14-17H,7-13H2,1-6H3. The molecule has 0 aromatic heterocycles. The van der Waals surface area contributed by atoms with Gasteiger partial charge in [0.25, 0.3) is 0 Å². The highest BCUT2D eigenvalue weighted by Gasteiger charge is 2.38. The predicted octanol–water partition coefficient (Wildman–Crippen LogP) is 4.75. The third kappa shape index (κ3) is 7.67. The van der Waals surface area contributed by atoms with Crippen molar-refractivity contribution in [2.45, 2.75) is 86.2 Å². The zero-order valence-electron chi connectivity index (χ0n) is 16.4. The van der Waals surface area contributed by atoms with Crippen LogP contribution < -0.4 is 0 Å². The van der Waals surface area contributed by atoms with Crippen LogP contribution in [-0.2, 0) is 19.1 Å². The summed E-state index contributed by atoms with van der Waals surface area (Å²) in [7, 11) is 0. The van der Waals surface area contributed by atoms with Gasteiger partial charge in [-0.1, -0.05) is 40.5 Å². The number of esters is 2. The molecule has 4 nitrogen and oxygen atoms in total. The fourth-order valence-corrected chi connectivity index (χ4v) is 3.63. The van der Waals surface area contributed by atoms with Crippen molar-refractivity contribution >= 4 is 11.9 Å². The lowest BCUT2D eigenvalue weighted by atomic mass is 9.79. The van der Waals surface area contributed by atoms with Gasteiger partial charge in [-0.25, -0.2) is 0 Å². The topological polar surface area (TPSA) is 52.6 Å². The molecule has 0 radical (unpaired) electrons. The van der Waals surface area contributed by atoms with Crippen LogP contribution in [0.1, 0.15) is 80.1 Å². The van der Waals surface area contributed by atoms with Crippen LogP contribution >= 0.6 is 0 Å². The summed E-state index contributed by atoms with van der Waals surface area (Å²) in [5.74, 6) is -0.606. The van der Waals surface area contributed by atoms with Crippen molar-refractivity contribution in [3.05, 3.63) is 0 Å². The van der Waals surface area contributed by atoms with Crippen LogP contribution in [0.2, 0.25) is 0 Å². The molecule has 4 heteroatoms. The molecule has 0 aliphatic heterocycles. The van der Waals surface area contributed by atoms with E-state index in [9.17, 15) is 9.59 Å². The summed E-state index contributed by atoms with van der Waals surface area (Å²) in [6.45, 7) is 13.0. The molecule has 1 rings (SSSR count). The maximum atomic E-state index is 12.4. The smallest absolute Gasteiger partial charge is 0.310 e.